The van der Waals surface area contributed by atoms with Crippen LogP contribution in [0, 0.1) is 24.2 Å². The molecule has 172 valence electrons. The van der Waals surface area contributed by atoms with E-state index < -0.39 is 18.5 Å². The van der Waals surface area contributed by atoms with Gasteiger partial charge in [-0.05, 0) is 36.1 Å². The summed E-state index contributed by atoms with van der Waals surface area (Å²) in [4.78, 5) is 35.3. The van der Waals surface area contributed by atoms with E-state index in [-0.39, 0.29) is 46.9 Å². The van der Waals surface area contributed by atoms with E-state index in [1.807, 2.05) is 13.8 Å². The molecule has 2 aliphatic rings. The van der Waals surface area contributed by atoms with E-state index in [9.17, 15) is 27.9 Å². The molecule has 33 heavy (non-hydrogen) atoms. The van der Waals surface area contributed by atoms with Gasteiger partial charge in [0.1, 0.15) is 5.69 Å². The third kappa shape index (κ3) is 3.26. The van der Waals surface area contributed by atoms with Crippen molar-refractivity contribution in [1.29, 1.82) is 0 Å². The number of fused-ring (bicyclic) bond motifs is 2. The number of aliphatic hydroxyl groups is 1. The van der Waals surface area contributed by atoms with Gasteiger partial charge in [0.15, 0.2) is 0 Å². The summed E-state index contributed by atoms with van der Waals surface area (Å²) in [7, 11) is 0. The summed E-state index contributed by atoms with van der Waals surface area (Å²) < 4.78 is 40.8. The predicted molar refractivity (Wildman–Crippen MR) is 115 cm³/mol. The lowest BCUT2D eigenvalue weighted by atomic mass is 9.98. The second-order valence-electron chi connectivity index (χ2n) is 9.10. The van der Waals surface area contributed by atoms with Crippen molar-refractivity contribution >= 4 is 33.4 Å². The predicted octanol–water partition coefficient (Wildman–Crippen LogP) is 4.32. The Balaban J connectivity index is 1.56. The van der Waals surface area contributed by atoms with Gasteiger partial charge in [-0.3, -0.25) is 19.5 Å². The van der Waals surface area contributed by atoms with Crippen LogP contribution in [-0.4, -0.2) is 31.8 Å². The van der Waals surface area contributed by atoms with E-state index in [0.717, 1.165) is 6.07 Å². The zero-order valence-corrected chi connectivity index (χ0v) is 18.8. The van der Waals surface area contributed by atoms with Gasteiger partial charge in [-0.2, -0.15) is 13.2 Å². The fourth-order valence-corrected chi connectivity index (χ4v) is 6.01. The summed E-state index contributed by atoms with van der Waals surface area (Å²) in [5, 5.41) is 9.84. The lowest BCUT2D eigenvalue weighted by Crippen LogP contribution is -2.35. The van der Waals surface area contributed by atoms with Gasteiger partial charge in [0.05, 0.1) is 35.2 Å². The van der Waals surface area contributed by atoms with Gasteiger partial charge in [-0.25, -0.2) is 4.98 Å². The number of hydrogen-bond donors (Lipinski definition) is 1. The highest BCUT2D eigenvalue weighted by atomic mass is 32.1. The molecule has 4 heterocycles. The Kier molecular flexibility index (Phi) is 4.71. The van der Waals surface area contributed by atoms with E-state index in [1.165, 1.54) is 29.4 Å². The number of likely N-dealkylation sites (tertiary alicyclic amines) is 1. The normalized spacial score (nSPS) is 21.7. The minimum absolute atomic E-state index is 0.0965. The topological polar surface area (TPSA) is 83.4 Å². The van der Waals surface area contributed by atoms with Crippen LogP contribution in [-0.2, 0) is 28.9 Å². The monoisotopic (exact) mass is 475 g/mol. The van der Waals surface area contributed by atoms with E-state index >= 15 is 0 Å². The number of rotatable bonds is 4. The summed E-state index contributed by atoms with van der Waals surface area (Å²) in [5.41, 5.74) is 0.328. The third-order valence-electron chi connectivity index (χ3n) is 6.74. The lowest BCUT2D eigenvalue weighted by Gasteiger charge is -2.19. The maximum atomic E-state index is 13.4. The number of aromatic nitrogens is 2. The van der Waals surface area contributed by atoms with Crippen molar-refractivity contribution in [1.82, 2.24) is 14.9 Å². The molecule has 1 saturated carbocycles. The highest BCUT2D eigenvalue weighted by Gasteiger charge is 2.72. The summed E-state index contributed by atoms with van der Waals surface area (Å²) >= 11 is 1.27. The van der Waals surface area contributed by atoms with Crippen LogP contribution < -0.4 is 0 Å². The van der Waals surface area contributed by atoms with Crippen LogP contribution in [0.1, 0.15) is 35.7 Å². The molecule has 6 nitrogen and oxygen atoms in total. The molecule has 0 radical (unpaired) electrons. The first-order chi connectivity index (χ1) is 15.4. The van der Waals surface area contributed by atoms with Crippen molar-refractivity contribution in [2.45, 2.75) is 40.1 Å². The Morgan fingerprint density at radius 2 is 1.82 bits per heavy atom. The van der Waals surface area contributed by atoms with Gasteiger partial charge in [0.2, 0.25) is 11.8 Å². The first-order valence-corrected chi connectivity index (χ1v) is 11.2. The Morgan fingerprint density at radius 3 is 2.42 bits per heavy atom. The van der Waals surface area contributed by atoms with Gasteiger partial charge in [0.25, 0.3) is 0 Å². The van der Waals surface area contributed by atoms with Crippen molar-refractivity contribution in [2.24, 2.45) is 17.3 Å². The second kappa shape index (κ2) is 7.07. The highest BCUT2D eigenvalue weighted by molar-refractivity contribution is 7.19. The molecule has 2 fully saturated rings. The Bertz CT molecular complexity index is 1310. The number of nitrogens with zero attached hydrogens (tertiary/aromatic N) is 3. The van der Waals surface area contributed by atoms with Crippen LogP contribution in [0.2, 0.25) is 0 Å². The SMILES string of the molecule is Cc1nc(C(F)(F)F)cc(-c2ccnc3cc(CN4C(=O)C5C(C4=O)C5(C)C)sc23)c1CO. The Labute approximate surface area is 191 Å². The lowest BCUT2D eigenvalue weighted by molar-refractivity contribution is -0.144. The molecule has 2 amide bonds. The van der Waals surface area contributed by atoms with Crippen LogP contribution in [0.3, 0.4) is 0 Å². The van der Waals surface area contributed by atoms with Crippen LogP contribution in [0.4, 0.5) is 13.2 Å². The summed E-state index contributed by atoms with van der Waals surface area (Å²) in [6.07, 6.45) is -3.15. The molecule has 3 aromatic rings. The van der Waals surface area contributed by atoms with Gasteiger partial charge >= 0.3 is 6.18 Å². The molecule has 0 bridgehead atoms. The quantitative estimate of drug-likeness (QED) is 0.569. The molecule has 1 aliphatic carbocycles. The number of pyridine rings is 2. The molecule has 1 saturated heterocycles. The summed E-state index contributed by atoms with van der Waals surface area (Å²) in [6, 6.07) is 4.28. The molecular formula is C23H20F3N3O3S. The van der Waals surface area contributed by atoms with Crippen LogP contribution in [0.25, 0.3) is 21.3 Å². The Morgan fingerprint density at radius 1 is 1.15 bits per heavy atom. The molecule has 10 heteroatoms. The summed E-state index contributed by atoms with van der Waals surface area (Å²) in [5.74, 6) is -0.910. The van der Waals surface area contributed by atoms with Crippen molar-refractivity contribution in [2.75, 3.05) is 0 Å². The fraction of sp³-hybridized carbons (Fsp3) is 0.391. The van der Waals surface area contributed by atoms with Gasteiger partial charge < -0.3 is 5.11 Å². The second-order valence-corrected chi connectivity index (χ2v) is 10.2. The molecular weight excluding hydrogens is 455 g/mol. The Hall–Kier alpha value is -2.85. The van der Waals surface area contributed by atoms with Crippen LogP contribution >= 0.6 is 11.3 Å². The molecule has 0 spiro atoms. The molecule has 2 unspecified atom stereocenters. The number of aryl methyl sites for hydroxylation is 1. The van der Waals surface area contributed by atoms with Crippen molar-refractivity contribution in [3.05, 3.63) is 46.2 Å². The van der Waals surface area contributed by atoms with Gasteiger partial charge in [-0.15, -0.1) is 11.3 Å². The van der Waals surface area contributed by atoms with Crippen molar-refractivity contribution in [3.8, 4) is 11.1 Å². The number of piperidine rings is 1. The molecule has 3 aromatic heterocycles. The number of carbonyl (C=O) groups is 2. The number of hydrogen-bond acceptors (Lipinski definition) is 6. The zero-order valence-electron chi connectivity index (χ0n) is 18.0. The molecule has 2 atom stereocenters. The number of carbonyl (C=O) groups excluding carboxylic acids is 2. The average molecular weight is 475 g/mol. The number of thiophene rings is 1. The van der Waals surface area contributed by atoms with Gasteiger partial charge in [-0.1, -0.05) is 13.8 Å². The van der Waals surface area contributed by atoms with E-state index in [4.69, 9.17) is 0 Å². The van der Waals surface area contributed by atoms with E-state index in [1.54, 1.807) is 12.1 Å². The number of alkyl halides is 3. The van der Waals surface area contributed by atoms with E-state index in [0.29, 0.717) is 26.2 Å². The number of imide groups is 1. The standard InChI is InChI=1S/C23H20F3N3O3S/c1-10-14(9-30)13(7-16(28-10)23(24,25)26)12-4-5-27-15-6-11(33-19(12)15)8-29-20(31)17-18(21(29)32)22(17,2)3/h4-7,17-18,30H,8-9H2,1-3H3. The first-order valence-electron chi connectivity index (χ1n) is 10.4. The summed E-state index contributed by atoms with van der Waals surface area (Å²) in [6.45, 7) is 4.90. The number of amides is 2. The fourth-order valence-electron chi connectivity index (χ4n) is 4.88. The minimum Gasteiger partial charge on any atom is -0.392 e. The third-order valence-corrected chi connectivity index (χ3v) is 7.88. The largest absolute Gasteiger partial charge is 0.433 e. The molecule has 1 aliphatic heterocycles. The van der Waals surface area contributed by atoms with Gasteiger partial charge in [0, 0.05) is 27.9 Å². The average Bonchev–Trinajstić information content (AvgIpc) is 2.99. The molecule has 1 N–H and O–H groups in total. The maximum Gasteiger partial charge on any atom is 0.433 e. The number of aliphatic hydroxyl groups excluding tert-OH is 1. The maximum absolute atomic E-state index is 13.4. The van der Waals surface area contributed by atoms with Crippen molar-refractivity contribution < 1.29 is 27.9 Å². The molecule has 0 aromatic carbocycles. The minimum atomic E-state index is -4.63. The van der Waals surface area contributed by atoms with E-state index in [2.05, 4.69) is 9.97 Å². The van der Waals surface area contributed by atoms with Crippen molar-refractivity contribution in [3.63, 3.8) is 0 Å². The first kappa shape index (κ1) is 22.0. The smallest absolute Gasteiger partial charge is 0.392 e. The van der Waals surface area contributed by atoms with Crippen LogP contribution in [0.15, 0.2) is 24.4 Å². The highest BCUT2D eigenvalue weighted by Crippen LogP contribution is 2.63. The number of halogens is 3. The zero-order chi connectivity index (χ0) is 23.9. The molecule has 5 rings (SSSR count). The van der Waals surface area contributed by atoms with Crippen LogP contribution in [0.5, 0.6) is 0 Å².